The van der Waals surface area contributed by atoms with Crippen LogP contribution in [0.2, 0.25) is 0 Å². The van der Waals surface area contributed by atoms with E-state index in [9.17, 15) is 9.90 Å². The van der Waals surface area contributed by atoms with Gasteiger partial charge in [0.2, 0.25) is 0 Å². The van der Waals surface area contributed by atoms with E-state index in [1.54, 1.807) is 0 Å². The van der Waals surface area contributed by atoms with Crippen molar-refractivity contribution in [2.75, 3.05) is 0 Å². The van der Waals surface area contributed by atoms with E-state index in [1.807, 2.05) is 6.92 Å². The molecule has 14 heavy (non-hydrogen) atoms. The van der Waals surface area contributed by atoms with Crippen molar-refractivity contribution in [1.29, 1.82) is 0 Å². The van der Waals surface area contributed by atoms with E-state index in [4.69, 9.17) is 9.90 Å². The Labute approximate surface area is 105 Å². The van der Waals surface area contributed by atoms with Crippen LogP contribution in [0, 0.1) is 0 Å². The zero-order valence-electron chi connectivity index (χ0n) is 8.45. The van der Waals surface area contributed by atoms with Crippen molar-refractivity contribution in [3.05, 3.63) is 12.7 Å². The molecule has 0 aliphatic rings. The number of hydrogen-bond acceptors (Lipinski definition) is 4. The van der Waals surface area contributed by atoms with Gasteiger partial charge in [0, 0.05) is 5.97 Å². The van der Waals surface area contributed by atoms with Crippen molar-refractivity contribution in [2.24, 2.45) is 0 Å². The second-order valence-electron chi connectivity index (χ2n) is 2.35. The maximum absolute atomic E-state index is 9.76. The molecule has 0 N–H and O–H groups in total. The van der Waals surface area contributed by atoms with E-state index >= 15 is 0 Å². The number of carboxylic acids is 2. The van der Waals surface area contributed by atoms with Crippen LogP contribution in [0.15, 0.2) is 12.7 Å². The van der Waals surface area contributed by atoms with E-state index in [1.165, 1.54) is 0 Å². The van der Waals surface area contributed by atoms with Crippen molar-refractivity contribution >= 4 is 11.9 Å². The minimum absolute atomic E-state index is 0. The van der Waals surface area contributed by atoms with Gasteiger partial charge in [0.05, 0.1) is 5.97 Å². The maximum atomic E-state index is 9.76. The molecule has 0 radical (unpaired) electrons. The van der Waals surface area contributed by atoms with Crippen LogP contribution in [0.5, 0.6) is 0 Å². The van der Waals surface area contributed by atoms with Crippen molar-refractivity contribution in [2.45, 2.75) is 32.6 Å². The van der Waals surface area contributed by atoms with Crippen LogP contribution in [0.25, 0.3) is 0 Å². The Bertz CT molecular complexity index is 168. The first kappa shape index (κ1) is 19.2. The summed E-state index contributed by atoms with van der Waals surface area (Å²) in [4.78, 5) is 18.9. The SMILES string of the molecule is C=CC(=O)[O-].CCCCCC(=O)[O-].[Hg+2]. The van der Waals surface area contributed by atoms with E-state index in [-0.39, 0.29) is 34.1 Å². The van der Waals surface area contributed by atoms with Crippen LogP contribution < -0.4 is 10.2 Å². The van der Waals surface area contributed by atoms with Crippen molar-refractivity contribution in [1.82, 2.24) is 0 Å². The summed E-state index contributed by atoms with van der Waals surface area (Å²) in [6, 6.07) is 0. The van der Waals surface area contributed by atoms with E-state index in [2.05, 4.69) is 6.58 Å². The summed E-state index contributed by atoms with van der Waals surface area (Å²) in [6.07, 6.45) is 3.76. The molecule has 0 aromatic heterocycles. The third-order valence-electron chi connectivity index (χ3n) is 1.15. The van der Waals surface area contributed by atoms with Gasteiger partial charge in [-0.1, -0.05) is 26.3 Å². The summed E-state index contributed by atoms with van der Waals surface area (Å²) in [5.41, 5.74) is 0. The molecule has 0 heterocycles. The second kappa shape index (κ2) is 15.1. The fourth-order valence-electron chi connectivity index (χ4n) is 0.519. The molecule has 0 atom stereocenters. The molecule has 0 aliphatic carbocycles. The minimum atomic E-state index is -1.23. The van der Waals surface area contributed by atoms with Crippen LogP contribution in [-0.2, 0) is 37.3 Å². The number of unbranched alkanes of at least 4 members (excludes halogenated alkanes) is 2. The largest absolute Gasteiger partial charge is 2.00 e. The normalized spacial score (nSPS) is 7.50. The third kappa shape index (κ3) is 29.9. The molecule has 76 valence electrons. The molecule has 0 amide bonds. The quantitative estimate of drug-likeness (QED) is 0.353. The molecule has 0 bridgehead atoms. The van der Waals surface area contributed by atoms with E-state index in [0.29, 0.717) is 0 Å². The summed E-state index contributed by atoms with van der Waals surface area (Å²) < 4.78 is 0. The van der Waals surface area contributed by atoms with Gasteiger partial charge in [0.15, 0.2) is 0 Å². The topological polar surface area (TPSA) is 80.3 Å². The first-order valence-corrected chi connectivity index (χ1v) is 4.07. The third-order valence-corrected chi connectivity index (χ3v) is 1.15. The molecule has 5 heteroatoms. The Balaban J connectivity index is -0.000000177. The Morgan fingerprint density at radius 2 is 1.71 bits per heavy atom. The number of carboxylic acid groups (broad SMARTS) is 2. The molecule has 0 unspecified atom stereocenters. The monoisotopic (exact) mass is 388 g/mol. The van der Waals surface area contributed by atoms with Crippen LogP contribution >= 0.6 is 0 Å². The number of carbonyl (C=O) groups is 2. The molecule has 0 rings (SSSR count). The molecule has 0 saturated carbocycles. The summed E-state index contributed by atoms with van der Waals surface area (Å²) >= 11 is 0. The van der Waals surface area contributed by atoms with Gasteiger partial charge < -0.3 is 19.8 Å². The molecule has 0 aliphatic heterocycles. The van der Waals surface area contributed by atoms with Crippen molar-refractivity contribution < 1.29 is 47.5 Å². The van der Waals surface area contributed by atoms with E-state index < -0.39 is 11.9 Å². The Morgan fingerprint density at radius 1 is 1.29 bits per heavy atom. The van der Waals surface area contributed by atoms with E-state index in [0.717, 1.165) is 25.3 Å². The first-order chi connectivity index (χ1) is 6.04. The second-order valence-corrected chi connectivity index (χ2v) is 2.35. The maximum Gasteiger partial charge on any atom is 2.00 e. The van der Waals surface area contributed by atoms with Gasteiger partial charge in [-0.3, -0.25) is 0 Å². The summed E-state index contributed by atoms with van der Waals surface area (Å²) in [5.74, 6) is -2.16. The van der Waals surface area contributed by atoms with Crippen molar-refractivity contribution in [3.8, 4) is 0 Å². The standard InChI is InChI=1S/C6H12O2.C3H4O2.Hg/c1-2-3-4-5-6(7)8;1-2-3(4)5;/h2-5H2,1H3,(H,7,8);2H,1H2,(H,4,5);/q;;+2/p-2. The number of aliphatic carboxylic acids is 2. The van der Waals surface area contributed by atoms with Gasteiger partial charge in [0.1, 0.15) is 0 Å². The zero-order chi connectivity index (χ0) is 10.7. The van der Waals surface area contributed by atoms with Crippen LogP contribution in [0.3, 0.4) is 0 Å². The van der Waals surface area contributed by atoms with Gasteiger partial charge >= 0.3 is 27.7 Å². The number of rotatable bonds is 5. The molecule has 0 saturated heterocycles. The van der Waals surface area contributed by atoms with Crippen molar-refractivity contribution in [3.63, 3.8) is 0 Å². The molecule has 0 spiro atoms. The number of hydrogen-bond donors (Lipinski definition) is 0. The molecule has 0 fully saturated rings. The van der Waals surface area contributed by atoms with Crippen LogP contribution in [0.1, 0.15) is 32.6 Å². The fraction of sp³-hybridized carbons (Fsp3) is 0.556. The van der Waals surface area contributed by atoms with Gasteiger partial charge in [-0.05, 0) is 18.9 Å². The average molecular weight is 387 g/mol. The van der Waals surface area contributed by atoms with Gasteiger partial charge in [-0.15, -0.1) is 0 Å². The summed E-state index contributed by atoms with van der Waals surface area (Å²) in [7, 11) is 0. The fourth-order valence-corrected chi connectivity index (χ4v) is 0.519. The number of carbonyl (C=O) groups excluding carboxylic acids is 2. The predicted molar refractivity (Wildman–Crippen MR) is 44.4 cm³/mol. The average Bonchev–Trinajstić information content (AvgIpc) is 2.05. The molecular weight excluding hydrogens is 373 g/mol. The Hall–Kier alpha value is -0.385. The Morgan fingerprint density at radius 3 is 1.93 bits per heavy atom. The minimum Gasteiger partial charge on any atom is -0.550 e. The van der Waals surface area contributed by atoms with Crippen LogP contribution in [0.4, 0.5) is 0 Å². The summed E-state index contributed by atoms with van der Waals surface area (Å²) in [6.45, 7) is 4.94. The summed E-state index contributed by atoms with van der Waals surface area (Å²) in [5, 5.41) is 18.9. The van der Waals surface area contributed by atoms with Gasteiger partial charge in [-0.25, -0.2) is 0 Å². The molecular formula is C9H14HgO4. The molecule has 0 aromatic carbocycles. The zero-order valence-corrected chi connectivity index (χ0v) is 14.0. The van der Waals surface area contributed by atoms with Gasteiger partial charge in [-0.2, -0.15) is 0 Å². The smallest absolute Gasteiger partial charge is 0.550 e. The molecule has 0 aromatic rings. The first-order valence-electron chi connectivity index (χ1n) is 4.07. The predicted octanol–water partition coefficient (Wildman–Crippen LogP) is -0.764. The molecule has 4 nitrogen and oxygen atoms in total. The Kier molecular flexibility index (Phi) is 20.7. The van der Waals surface area contributed by atoms with Crippen LogP contribution in [-0.4, -0.2) is 11.9 Å². The van der Waals surface area contributed by atoms with Gasteiger partial charge in [0.25, 0.3) is 0 Å².